The maximum atomic E-state index is 11.6. The molecular weight excluding hydrogens is 374 g/mol. The van der Waals surface area contributed by atoms with Crippen molar-refractivity contribution in [2.24, 2.45) is 0 Å². The lowest BCUT2D eigenvalue weighted by molar-refractivity contribution is -0.143. The van der Waals surface area contributed by atoms with E-state index >= 15 is 0 Å². The maximum Gasteiger partial charge on any atom is 0.323 e. The Morgan fingerprint density at radius 1 is 1.24 bits per heavy atom. The highest BCUT2D eigenvalue weighted by Gasteiger charge is 2.32. The first-order valence-corrected chi connectivity index (χ1v) is 9.47. The summed E-state index contributed by atoms with van der Waals surface area (Å²) < 4.78 is 15.3. The molecule has 1 aliphatic heterocycles. The van der Waals surface area contributed by atoms with E-state index in [1.807, 2.05) is 52.8 Å². The van der Waals surface area contributed by atoms with Gasteiger partial charge in [0.05, 0.1) is 18.0 Å². The van der Waals surface area contributed by atoms with Crippen molar-refractivity contribution in [2.75, 3.05) is 13.7 Å². The number of hydrogen-bond donors (Lipinski definition) is 1. The van der Waals surface area contributed by atoms with E-state index in [9.17, 15) is 9.59 Å². The van der Waals surface area contributed by atoms with Crippen LogP contribution in [0.15, 0.2) is 18.2 Å². The molecule has 1 aromatic carbocycles. The summed E-state index contributed by atoms with van der Waals surface area (Å²) in [5.74, 6) is 0.982. The van der Waals surface area contributed by atoms with Crippen LogP contribution in [0, 0.1) is 13.8 Å². The standard InChI is InChI=1S/C16H19N3O3.C5H10O2/c1-9-4-5-13-12(6-9)15(19-10(2)18-13)22-11-7-14(17-8-11)16(20)21-3;1-5(2,3)7-4-6/h4-6,11,14,17H,7-8H2,1-3H3;4H,1-3H3. The summed E-state index contributed by atoms with van der Waals surface area (Å²) in [5, 5.41) is 4.00. The van der Waals surface area contributed by atoms with Gasteiger partial charge >= 0.3 is 5.97 Å². The second-order valence-electron chi connectivity index (χ2n) is 7.88. The molecule has 0 spiro atoms. The van der Waals surface area contributed by atoms with Gasteiger partial charge in [0.15, 0.2) is 0 Å². The van der Waals surface area contributed by atoms with Gasteiger partial charge < -0.3 is 19.5 Å². The third kappa shape index (κ3) is 6.67. The number of methoxy groups -OCH3 is 1. The molecule has 1 fully saturated rings. The van der Waals surface area contributed by atoms with Gasteiger partial charge in [-0.1, -0.05) is 11.6 Å². The van der Waals surface area contributed by atoms with Crippen LogP contribution in [0.3, 0.4) is 0 Å². The van der Waals surface area contributed by atoms with Crippen LogP contribution in [0.5, 0.6) is 5.88 Å². The normalized spacial score (nSPS) is 18.6. The number of fused-ring (bicyclic) bond motifs is 1. The lowest BCUT2D eigenvalue weighted by Crippen LogP contribution is -2.31. The Hall–Kier alpha value is -2.74. The SMILES string of the molecule is CC(C)(C)OC=O.COC(=O)C1CC(Oc2nc(C)nc3ccc(C)cc23)CN1. The van der Waals surface area contributed by atoms with E-state index in [0.29, 0.717) is 31.1 Å². The van der Waals surface area contributed by atoms with Gasteiger partial charge in [-0.15, -0.1) is 0 Å². The van der Waals surface area contributed by atoms with Crippen molar-refractivity contribution < 1.29 is 23.8 Å². The predicted octanol–water partition coefficient (Wildman–Crippen LogP) is 2.49. The first-order valence-electron chi connectivity index (χ1n) is 9.47. The highest BCUT2D eigenvalue weighted by Crippen LogP contribution is 2.26. The van der Waals surface area contributed by atoms with Crippen molar-refractivity contribution >= 4 is 23.3 Å². The number of benzene rings is 1. The molecule has 2 aromatic rings. The van der Waals surface area contributed by atoms with E-state index in [1.165, 1.54) is 7.11 Å². The molecule has 3 rings (SSSR count). The Labute approximate surface area is 171 Å². The van der Waals surface area contributed by atoms with E-state index in [1.54, 1.807) is 0 Å². The molecule has 8 heteroatoms. The Balaban J connectivity index is 0.000000370. The molecule has 1 saturated heterocycles. The lowest BCUT2D eigenvalue weighted by atomic mass is 10.1. The Morgan fingerprint density at radius 3 is 2.55 bits per heavy atom. The van der Waals surface area contributed by atoms with Gasteiger partial charge in [0.25, 0.3) is 6.47 Å². The first kappa shape index (κ1) is 22.5. The third-order valence-electron chi connectivity index (χ3n) is 4.18. The summed E-state index contributed by atoms with van der Waals surface area (Å²) in [4.78, 5) is 30.0. The average Bonchev–Trinajstić information content (AvgIpc) is 3.09. The summed E-state index contributed by atoms with van der Waals surface area (Å²) in [6, 6.07) is 5.69. The van der Waals surface area contributed by atoms with E-state index in [-0.39, 0.29) is 23.7 Å². The van der Waals surface area contributed by atoms with Gasteiger partial charge in [-0.25, -0.2) is 4.98 Å². The maximum absolute atomic E-state index is 11.6. The molecule has 0 bridgehead atoms. The zero-order valence-corrected chi connectivity index (χ0v) is 17.8. The van der Waals surface area contributed by atoms with Crippen molar-refractivity contribution in [1.29, 1.82) is 0 Å². The Bertz CT molecular complexity index is 863. The second-order valence-corrected chi connectivity index (χ2v) is 7.88. The van der Waals surface area contributed by atoms with Crippen LogP contribution < -0.4 is 10.1 Å². The van der Waals surface area contributed by atoms with Crippen LogP contribution in [0.25, 0.3) is 10.9 Å². The second kappa shape index (κ2) is 9.65. The molecular formula is C21H29N3O5. The summed E-state index contributed by atoms with van der Waals surface area (Å²) in [6.45, 7) is 10.4. The van der Waals surface area contributed by atoms with Crippen LogP contribution >= 0.6 is 0 Å². The fourth-order valence-electron chi connectivity index (χ4n) is 2.83. The van der Waals surface area contributed by atoms with Crippen molar-refractivity contribution in [1.82, 2.24) is 15.3 Å². The van der Waals surface area contributed by atoms with Crippen LogP contribution in [0.2, 0.25) is 0 Å². The fourth-order valence-corrected chi connectivity index (χ4v) is 2.83. The first-order chi connectivity index (χ1) is 13.6. The minimum absolute atomic E-state index is 0.109. The number of aromatic nitrogens is 2. The molecule has 1 aromatic heterocycles. The molecule has 8 nitrogen and oxygen atoms in total. The molecule has 0 aliphatic carbocycles. The minimum Gasteiger partial charge on any atom is -0.472 e. The molecule has 0 amide bonds. The summed E-state index contributed by atoms with van der Waals surface area (Å²) >= 11 is 0. The van der Waals surface area contributed by atoms with E-state index in [0.717, 1.165) is 16.5 Å². The van der Waals surface area contributed by atoms with Gasteiger partial charge in [-0.3, -0.25) is 9.59 Å². The largest absolute Gasteiger partial charge is 0.472 e. The Morgan fingerprint density at radius 2 is 1.97 bits per heavy atom. The number of nitrogens with zero attached hydrogens (tertiary/aromatic N) is 2. The van der Waals surface area contributed by atoms with Crippen molar-refractivity contribution in [3.8, 4) is 5.88 Å². The number of carbonyl (C=O) groups excluding carboxylic acids is 2. The molecule has 0 saturated carbocycles. The Kier molecular flexibility index (Phi) is 7.50. The van der Waals surface area contributed by atoms with Crippen LogP contribution in [-0.2, 0) is 19.1 Å². The van der Waals surface area contributed by atoms with Crippen molar-refractivity contribution in [3.63, 3.8) is 0 Å². The zero-order valence-electron chi connectivity index (χ0n) is 17.8. The van der Waals surface area contributed by atoms with Crippen molar-refractivity contribution in [3.05, 3.63) is 29.6 Å². The predicted molar refractivity (Wildman–Crippen MR) is 109 cm³/mol. The number of ether oxygens (including phenoxy) is 3. The number of nitrogens with one attached hydrogen (secondary N) is 1. The molecule has 2 atom stereocenters. The van der Waals surface area contributed by atoms with E-state index in [2.05, 4.69) is 20.0 Å². The lowest BCUT2D eigenvalue weighted by Gasteiger charge is -2.14. The van der Waals surface area contributed by atoms with E-state index in [4.69, 9.17) is 9.47 Å². The number of aryl methyl sites for hydroxylation is 2. The van der Waals surface area contributed by atoms with Gasteiger partial charge in [0.2, 0.25) is 5.88 Å². The van der Waals surface area contributed by atoms with Crippen LogP contribution in [0.4, 0.5) is 0 Å². The number of hydrogen-bond acceptors (Lipinski definition) is 8. The third-order valence-corrected chi connectivity index (χ3v) is 4.18. The van der Waals surface area contributed by atoms with Gasteiger partial charge in [-0.05, 0) is 46.8 Å². The van der Waals surface area contributed by atoms with E-state index < -0.39 is 0 Å². The summed E-state index contributed by atoms with van der Waals surface area (Å²) in [7, 11) is 1.39. The topological polar surface area (TPSA) is 99.6 Å². The average molecular weight is 403 g/mol. The number of carbonyl (C=O) groups is 2. The summed E-state index contributed by atoms with van der Waals surface area (Å²) in [6.07, 6.45) is 0.463. The number of esters is 1. The minimum atomic E-state index is -0.318. The molecule has 2 unspecified atom stereocenters. The highest BCUT2D eigenvalue weighted by atomic mass is 16.5. The zero-order chi connectivity index (χ0) is 21.6. The monoisotopic (exact) mass is 403 g/mol. The fraction of sp³-hybridized carbons (Fsp3) is 0.524. The van der Waals surface area contributed by atoms with Gasteiger partial charge in [0, 0.05) is 13.0 Å². The van der Waals surface area contributed by atoms with Crippen molar-refractivity contribution in [2.45, 2.75) is 58.8 Å². The molecule has 0 radical (unpaired) electrons. The molecule has 1 aliphatic rings. The van der Waals surface area contributed by atoms with Gasteiger partial charge in [0.1, 0.15) is 23.6 Å². The number of rotatable bonds is 4. The van der Waals surface area contributed by atoms with Gasteiger partial charge in [-0.2, -0.15) is 4.98 Å². The molecule has 29 heavy (non-hydrogen) atoms. The van der Waals surface area contributed by atoms with Crippen LogP contribution in [0.1, 0.15) is 38.6 Å². The smallest absolute Gasteiger partial charge is 0.323 e. The van der Waals surface area contributed by atoms with Crippen LogP contribution in [-0.4, -0.2) is 53.8 Å². The molecule has 1 N–H and O–H groups in total. The molecule has 158 valence electrons. The molecule has 2 heterocycles. The quantitative estimate of drug-likeness (QED) is 0.614. The summed E-state index contributed by atoms with van der Waals surface area (Å²) in [5.41, 5.74) is 1.67. The highest BCUT2D eigenvalue weighted by molar-refractivity contribution is 5.84.